The Morgan fingerprint density at radius 2 is 1.86 bits per heavy atom. The summed E-state index contributed by atoms with van der Waals surface area (Å²) in [5, 5.41) is 5.15. The highest BCUT2D eigenvalue weighted by atomic mass is 16.5. The molecule has 2 N–H and O–H groups in total. The summed E-state index contributed by atoms with van der Waals surface area (Å²) in [7, 11) is 0. The largest absolute Gasteiger partial charge is 0.492 e. The number of hydrogen-bond acceptors (Lipinski definition) is 4. The van der Waals surface area contributed by atoms with Crippen molar-refractivity contribution in [3.8, 4) is 5.75 Å². The number of carbonyl (C=O) groups is 3. The highest BCUT2D eigenvalue weighted by Gasteiger charge is 2.24. The molecule has 7 nitrogen and oxygen atoms in total. The first-order valence-electron chi connectivity index (χ1n) is 9.24. The van der Waals surface area contributed by atoms with E-state index in [0.29, 0.717) is 36.7 Å². The van der Waals surface area contributed by atoms with Gasteiger partial charge in [0.15, 0.2) is 0 Å². The summed E-state index contributed by atoms with van der Waals surface area (Å²) in [6, 6.07) is 12.2. The van der Waals surface area contributed by atoms with Gasteiger partial charge in [-0.05, 0) is 50.1 Å². The lowest BCUT2D eigenvalue weighted by molar-refractivity contribution is -0.133. The minimum Gasteiger partial charge on any atom is -0.492 e. The molecule has 0 aromatic heterocycles. The highest BCUT2D eigenvalue weighted by Crippen LogP contribution is 2.28. The summed E-state index contributed by atoms with van der Waals surface area (Å²) in [6.07, 6.45) is 1.34. The number of para-hydroxylation sites is 2. The Labute approximate surface area is 163 Å². The maximum Gasteiger partial charge on any atom is 0.314 e. The van der Waals surface area contributed by atoms with Gasteiger partial charge in [0, 0.05) is 24.3 Å². The minimum atomic E-state index is -0.800. The molecule has 0 unspecified atom stereocenters. The van der Waals surface area contributed by atoms with Crippen LogP contribution in [0.4, 0.5) is 17.1 Å². The molecule has 2 aromatic carbocycles. The van der Waals surface area contributed by atoms with Crippen LogP contribution in [0.5, 0.6) is 5.75 Å². The number of ether oxygens (including phenoxy) is 1. The van der Waals surface area contributed by atoms with Gasteiger partial charge in [0.1, 0.15) is 5.75 Å². The number of aryl methyl sites for hydroxylation is 1. The molecule has 0 bridgehead atoms. The summed E-state index contributed by atoms with van der Waals surface area (Å²) in [5.74, 6) is -1.03. The van der Waals surface area contributed by atoms with Crippen LogP contribution in [0.15, 0.2) is 42.5 Å². The third-order valence-corrected chi connectivity index (χ3v) is 4.47. The van der Waals surface area contributed by atoms with Gasteiger partial charge >= 0.3 is 11.8 Å². The Morgan fingerprint density at radius 1 is 1.11 bits per heavy atom. The van der Waals surface area contributed by atoms with Crippen molar-refractivity contribution >= 4 is 34.8 Å². The second kappa shape index (κ2) is 8.56. The molecule has 7 heteroatoms. The zero-order chi connectivity index (χ0) is 20.1. The van der Waals surface area contributed by atoms with Gasteiger partial charge in [-0.2, -0.15) is 0 Å². The Hall–Kier alpha value is -3.35. The molecule has 1 aliphatic heterocycles. The summed E-state index contributed by atoms with van der Waals surface area (Å²) in [5.41, 5.74) is 2.57. The monoisotopic (exact) mass is 381 g/mol. The van der Waals surface area contributed by atoms with Gasteiger partial charge in [-0.15, -0.1) is 0 Å². The number of rotatable bonds is 5. The highest BCUT2D eigenvalue weighted by molar-refractivity contribution is 6.43. The zero-order valence-electron chi connectivity index (χ0n) is 16.0. The van der Waals surface area contributed by atoms with Crippen LogP contribution in [0, 0.1) is 6.92 Å². The van der Waals surface area contributed by atoms with Crippen LogP contribution in [0.2, 0.25) is 0 Å². The molecule has 0 spiro atoms. The van der Waals surface area contributed by atoms with Crippen LogP contribution in [0.1, 0.15) is 25.3 Å². The van der Waals surface area contributed by atoms with E-state index in [-0.39, 0.29) is 5.91 Å². The van der Waals surface area contributed by atoms with Crippen LogP contribution < -0.4 is 20.3 Å². The summed E-state index contributed by atoms with van der Waals surface area (Å²) >= 11 is 0. The quantitative estimate of drug-likeness (QED) is 0.779. The second-order valence-corrected chi connectivity index (χ2v) is 6.49. The third kappa shape index (κ3) is 4.31. The lowest BCUT2D eigenvalue weighted by Crippen LogP contribution is -2.29. The van der Waals surface area contributed by atoms with E-state index in [9.17, 15) is 14.4 Å². The van der Waals surface area contributed by atoms with Gasteiger partial charge in [0.2, 0.25) is 5.91 Å². The van der Waals surface area contributed by atoms with Crippen molar-refractivity contribution in [3.05, 3.63) is 48.0 Å². The molecule has 1 saturated heterocycles. The van der Waals surface area contributed by atoms with Crippen molar-refractivity contribution in [1.29, 1.82) is 0 Å². The fourth-order valence-corrected chi connectivity index (χ4v) is 3.10. The normalized spacial score (nSPS) is 13.4. The van der Waals surface area contributed by atoms with Crippen LogP contribution in [-0.2, 0) is 14.4 Å². The van der Waals surface area contributed by atoms with Crippen LogP contribution in [-0.4, -0.2) is 30.9 Å². The first kappa shape index (κ1) is 19.4. The smallest absolute Gasteiger partial charge is 0.314 e. The molecule has 28 heavy (non-hydrogen) atoms. The maximum atomic E-state index is 12.3. The topological polar surface area (TPSA) is 87.7 Å². The summed E-state index contributed by atoms with van der Waals surface area (Å²) in [6.45, 7) is 4.85. The van der Waals surface area contributed by atoms with Gasteiger partial charge < -0.3 is 20.3 Å². The van der Waals surface area contributed by atoms with Crippen molar-refractivity contribution in [2.75, 3.05) is 28.7 Å². The van der Waals surface area contributed by atoms with Gasteiger partial charge in [-0.25, -0.2) is 0 Å². The van der Waals surface area contributed by atoms with Crippen molar-refractivity contribution in [2.24, 2.45) is 0 Å². The Bertz CT molecular complexity index is 910. The number of anilines is 3. The standard InChI is InChI=1S/C21H23N3O4/c1-3-28-18-8-5-4-7-16(18)23-21(27)20(26)22-15-11-10-14(2)17(13-15)24-12-6-9-19(24)25/h4-5,7-8,10-11,13H,3,6,9,12H2,1-2H3,(H,22,26)(H,23,27). The fraction of sp³-hybridized carbons (Fsp3) is 0.286. The third-order valence-electron chi connectivity index (χ3n) is 4.47. The zero-order valence-corrected chi connectivity index (χ0v) is 16.0. The summed E-state index contributed by atoms with van der Waals surface area (Å²) in [4.78, 5) is 38.3. The first-order chi connectivity index (χ1) is 13.5. The number of nitrogens with one attached hydrogen (secondary N) is 2. The number of amides is 3. The van der Waals surface area contributed by atoms with Gasteiger partial charge in [-0.1, -0.05) is 18.2 Å². The first-order valence-corrected chi connectivity index (χ1v) is 9.24. The fourth-order valence-electron chi connectivity index (χ4n) is 3.10. The Balaban J connectivity index is 1.71. The number of carbonyl (C=O) groups excluding carboxylic acids is 3. The number of hydrogen-bond donors (Lipinski definition) is 2. The van der Waals surface area contributed by atoms with Crippen molar-refractivity contribution < 1.29 is 19.1 Å². The van der Waals surface area contributed by atoms with E-state index in [4.69, 9.17) is 4.74 Å². The molecule has 0 saturated carbocycles. The van der Waals surface area contributed by atoms with Gasteiger partial charge in [-0.3, -0.25) is 14.4 Å². The molecule has 1 aliphatic rings. The van der Waals surface area contributed by atoms with Gasteiger partial charge in [0.05, 0.1) is 12.3 Å². The predicted molar refractivity (Wildman–Crippen MR) is 108 cm³/mol. The molecule has 3 amide bonds. The Morgan fingerprint density at radius 3 is 2.57 bits per heavy atom. The van der Waals surface area contributed by atoms with E-state index < -0.39 is 11.8 Å². The minimum absolute atomic E-state index is 0.0665. The molecule has 3 rings (SSSR count). The number of nitrogens with zero attached hydrogens (tertiary/aromatic N) is 1. The van der Waals surface area contributed by atoms with E-state index in [1.807, 2.05) is 19.9 Å². The molecular weight excluding hydrogens is 358 g/mol. The summed E-state index contributed by atoms with van der Waals surface area (Å²) < 4.78 is 5.45. The molecule has 146 valence electrons. The van der Waals surface area contributed by atoms with Crippen molar-refractivity contribution in [1.82, 2.24) is 0 Å². The van der Waals surface area contributed by atoms with E-state index in [1.165, 1.54) is 0 Å². The average Bonchev–Trinajstić information content (AvgIpc) is 3.10. The molecule has 0 radical (unpaired) electrons. The van der Waals surface area contributed by atoms with Crippen LogP contribution in [0.3, 0.4) is 0 Å². The number of benzene rings is 2. The molecule has 1 heterocycles. The molecule has 0 aliphatic carbocycles. The predicted octanol–water partition coefficient (Wildman–Crippen LogP) is 3.10. The van der Waals surface area contributed by atoms with Crippen LogP contribution in [0.25, 0.3) is 0 Å². The van der Waals surface area contributed by atoms with E-state index >= 15 is 0 Å². The van der Waals surface area contributed by atoms with E-state index in [1.54, 1.807) is 41.3 Å². The van der Waals surface area contributed by atoms with Crippen LogP contribution >= 0.6 is 0 Å². The molecule has 1 fully saturated rings. The Kier molecular flexibility index (Phi) is 5.93. The molecule has 2 aromatic rings. The van der Waals surface area contributed by atoms with E-state index in [2.05, 4.69) is 10.6 Å². The van der Waals surface area contributed by atoms with Crippen molar-refractivity contribution in [3.63, 3.8) is 0 Å². The average molecular weight is 381 g/mol. The molecule has 0 atom stereocenters. The van der Waals surface area contributed by atoms with Crippen molar-refractivity contribution in [2.45, 2.75) is 26.7 Å². The second-order valence-electron chi connectivity index (χ2n) is 6.49. The van der Waals surface area contributed by atoms with Gasteiger partial charge in [0.25, 0.3) is 0 Å². The SMILES string of the molecule is CCOc1ccccc1NC(=O)C(=O)Nc1ccc(C)c(N2CCCC2=O)c1. The maximum absolute atomic E-state index is 12.3. The molecular formula is C21H23N3O4. The van der Waals surface area contributed by atoms with E-state index in [0.717, 1.165) is 17.7 Å². The lowest BCUT2D eigenvalue weighted by Gasteiger charge is -2.19. The lowest BCUT2D eigenvalue weighted by atomic mass is 10.1.